The van der Waals surface area contributed by atoms with Gasteiger partial charge < -0.3 is 25.0 Å². The number of fused-ring (bicyclic) bond motifs is 1. The van der Waals surface area contributed by atoms with Gasteiger partial charge in [0.1, 0.15) is 17.6 Å². The summed E-state index contributed by atoms with van der Waals surface area (Å²) in [6.45, 7) is 12.7. The van der Waals surface area contributed by atoms with Crippen molar-refractivity contribution in [3.8, 4) is 0 Å². The SMILES string of the molecule is CC(=O)N1c2ccc(N3CCN(C(=O)OC(C)(C)C)C(C)C3)nc2C(Nc2ccccc2)C(C)C1O. The van der Waals surface area contributed by atoms with Gasteiger partial charge >= 0.3 is 6.09 Å². The van der Waals surface area contributed by atoms with E-state index in [0.29, 0.717) is 31.0 Å². The standard InChI is InChI=1S/C27H37N5O4/c1-17-16-30(14-15-31(17)26(35)36-27(4,5)6)22-13-12-21-24(29-22)23(28-20-10-8-7-9-11-20)18(2)25(34)32(21)19(3)33/h7-13,17-18,23,25,28,34H,14-16H2,1-6H3. The van der Waals surface area contributed by atoms with E-state index in [4.69, 9.17) is 9.72 Å². The largest absolute Gasteiger partial charge is 0.444 e. The number of nitrogens with one attached hydrogen (secondary N) is 1. The van der Waals surface area contributed by atoms with Crippen LogP contribution in [0.25, 0.3) is 0 Å². The molecule has 9 heteroatoms. The van der Waals surface area contributed by atoms with Crippen LogP contribution >= 0.6 is 0 Å². The minimum Gasteiger partial charge on any atom is -0.444 e. The number of aliphatic hydroxyl groups excluding tert-OH is 1. The average molecular weight is 496 g/mol. The van der Waals surface area contributed by atoms with Crippen molar-refractivity contribution in [2.24, 2.45) is 5.92 Å². The van der Waals surface area contributed by atoms with Gasteiger partial charge in [-0.1, -0.05) is 25.1 Å². The zero-order valence-electron chi connectivity index (χ0n) is 21.9. The minimum absolute atomic E-state index is 0.0564. The summed E-state index contributed by atoms with van der Waals surface area (Å²) in [4.78, 5) is 35.5. The maximum atomic E-state index is 12.6. The Labute approximate surface area is 213 Å². The number of ether oxygens (including phenoxy) is 1. The van der Waals surface area contributed by atoms with Gasteiger partial charge in [-0.25, -0.2) is 9.78 Å². The van der Waals surface area contributed by atoms with Gasteiger partial charge in [0.05, 0.1) is 17.4 Å². The first-order valence-corrected chi connectivity index (χ1v) is 12.5. The smallest absolute Gasteiger partial charge is 0.410 e. The van der Waals surface area contributed by atoms with Crippen LogP contribution in [0, 0.1) is 5.92 Å². The molecule has 1 fully saturated rings. The van der Waals surface area contributed by atoms with Crippen molar-refractivity contribution >= 4 is 29.2 Å². The number of carbonyl (C=O) groups is 2. The second-order valence-corrected chi connectivity index (χ2v) is 10.7. The molecular formula is C27H37N5O4. The summed E-state index contributed by atoms with van der Waals surface area (Å²) in [7, 11) is 0. The zero-order chi connectivity index (χ0) is 26.2. The third-order valence-electron chi connectivity index (χ3n) is 6.72. The van der Waals surface area contributed by atoms with Gasteiger partial charge in [0.25, 0.3) is 0 Å². The number of rotatable bonds is 3. The molecule has 4 atom stereocenters. The van der Waals surface area contributed by atoms with E-state index in [-0.39, 0.29) is 30.0 Å². The predicted octanol–water partition coefficient (Wildman–Crippen LogP) is 4.00. The van der Waals surface area contributed by atoms with Gasteiger partial charge in [0.15, 0.2) is 0 Å². The number of hydrogen-bond acceptors (Lipinski definition) is 7. The maximum absolute atomic E-state index is 12.6. The number of anilines is 3. The molecule has 0 spiro atoms. The maximum Gasteiger partial charge on any atom is 0.410 e. The van der Waals surface area contributed by atoms with E-state index in [2.05, 4.69) is 10.2 Å². The topological polar surface area (TPSA) is 98.2 Å². The Morgan fingerprint density at radius 1 is 1.08 bits per heavy atom. The van der Waals surface area contributed by atoms with Crippen LogP contribution in [0.2, 0.25) is 0 Å². The van der Waals surface area contributed by atoms with E-state index in [1.807, 2.05) is 77.1 Å². The number of carbonyl (C=O) groups excluding carboxylic acids is 2. The van der Waals surface area contributed by atoms with Crippen molar-refractivity contribution in [1.29, 1.82) is 0 Å². The average Bonchev–Trinajstić information content (AvgIpc) is 2.81. The van der Waals surface area contributed by atoms with E-state index in [1.165, 1.54) is 11.8 Å². The van der Waals surface area contributed by atoms with Gasteiger partial charge in [0, 0.05) is 44.2 Å². The number of nitrogens with zero attached hydrogens (tertiary/aromatic N) is 4. The quantitative estimate of drug-likeness (QED) is 0.664. The first kappa shape index (κ1) is 25.8. The van der Waals surface area contributed by atoms with E-state index in [0.717, 1.165) is 11.5 Å². The molecule has 2 aliphatic rings. The van der Waals surface area contributed by atoms with Gasteiger partial charge in [-0.2, -0.15) is 0 Å². The van der Waals surface area contributed by atoms with Crippen molar-refractivity contribution in [3.63, 3.8) is 0 Å². The first-order valence-electron chi connectivity index (χ1n) is 12.5. The van der Waals surface area contributed by atoms with E-state index in [1.54, 1.807) is 4.90 Å². The van der Waals surface area contributed by atoms with Crippen LogP contribution in [-0.4, -0.2) is 64.5 Å². The fourth-order valence-corrected chi connectivity index (χ4v) is 4.89. The molecule has 9 nitrogen and oxygen atoms in total. The highest BCUT2D eigenvalue weighted by atomic mass is 16.6. The van der Waals surface area contributed by atoms with Crippen LogP contribution in [-0.2, 0) is 9.53 Å². The monoisotopic (exact) mass is 495 g/mol. The van der Waals surface area contributed by atoms with Crippen molar-refractivity contribution in [1.82, 2.24) is 9.88 Å². The van der Waals surface area contributed by atoms with Crippen molar-refractivity contribution in [2.45, 2.75) is 65.5 Å². The summed E-state index contributed by atoms with van der Waals surface area (Å²) < 4.78 is 5.57. The number of amides is 2. The Kier molecular flexibility index (Phi) is 7.13. The number of para-hydroxylation sites is 1. The molecule has 2 amide bonds. The number of pyridine rings is 1. The molecule has 2 aromatic rings. The summed E-state index contributed by atoms with van der Waals surface area (Å²) >= 11 is 0. The summed E-state index contributed by atoms with van der Waals surface area (Å²) in [5.74, 6) is 0.242. The van der Waals surface area contributed by atoms with Crippen LogP contribution in [0.1, 0.15) is 53.3 Å². The summed E-state index contributed by atoms with van der Waals surface area (Å²) in [6, 6.07) is 13.2. The molecule has 4 unspecified atom stereocenters. The Morgan fingerprint density at radius 2 is 1.78 bits per heavy atom. The van der Waals surface area contributed by atoms with Crippen LogP contribution in [0.3, 0.4) is 0 Å². The lowest BCUT2D eigenvalue weighted by Gasteiger charge is -2.43. The van der Waals surface area contributed by atoms with Gasteiger partial charge in [-0.3, -0.25) is 9.69 Å². The van der Waals surface area contributed by atoms with E-state index >= 15 is 0 Å². The van der Waals surface area contributed by atoms with Crippen LogP contribution in [0.15, 0.2) is 42.5 Å². The van der Waals surface area contributed by atoms with Crippen molar-refractivity contribution in [2.75, 3.05) is 34.8 Å². The fraction of sp³-hybridized carbons (Fsp3) is 0.519. The highest BCUT2D eigenvalue weighted by Gasteiger charge is 2.41. The molecule has 0 aliphatic carbocycles. The molecule has 3 heterocycles. The van der Waals surface area contributed by atoms with Crippen molar-refractivity contribution < 1.29 is 19.4 Å². The molecule has 2 N–H and O–H groups in total. The second kappa shape index (κ2) is 9.97. The lowest BCUT2D eigenvalue weighted by molar-refractivity contribution is -0.119. The number of benzene rings is 1. The van der Waals surface area contributed by atoms with Crippen molar-refractivity contribution in [3.05, 3.63) is 48.2 Å². The molecule has 2 aliphatic heterocycles. The van der Waals surface area contributed by atoms with Crippen LogP contribution in [0.5, 0.6) is 0 Å². The third kappa shape index (κ3) is 5.26. The number of hydrogen-bond donors (Lipinski definition) is 2. The molecule has 1 aromatic carbocycles. The first-order chi connectivity index (χ1) is 17.0. The molecule has 194 valence electrons. The lowest BCUT2D eigenvalue weighted by Crippen LogP contribution is -2.55. The fourth-order valence-electron chi connectivity index (χ4n) is 4.89. The van der Waals surface area contributed by atoms with Gasteiger partial charge in [-0.05, 0) is 52.0 Å². The Bertz CT molecular complexity index is 1100. The lowest BCUT2D eigenvalue weighted by atomic mass is 9.89. The summed E-state index contributed by atoms with van der Waals surface area (Å²) in [5, 5.41) is 14.5. The minimum atomic E-state index is -0.971. The Balaban J connectivity index is 1.62. The number of aromatic nitrogens is 1. The molecule has 4 rings (SSSR count). The molecule has 0 saturated carbocycles. The molecule has 1 saturated heterocycles. The Morgan fingerprint density at radius 3 is 2.39 bits per heavy atom. The summed E-state index contributed by atoms with van der Waals surface area (Å²) in [6.07, 6.45) is -1.28. The number of piperazine rings is 1. The zero-order valence-corrected chi connectivity index (χ0v) is 21.9. The van der Waals surface area contributed by atoms with Gasteiger partial charge in [-0.15, -0.1) is 0 Å². The molecular weight excluding hydrogens is 458 g/mol. The Hall–Kier alpha value is -3.33. The van der Waals surface area contributed by atoms with Crippen LogP contribution < -0.4 is 15.1 Å². The number of aliphatic hydroxyl groups is 1. The normalized spacial score (nSPS) is 24.2. The molecule has 1 aromatic heterocycles. The second-order valence-electron chi connectivity index (χ2n) is 10.7. The molecule has 0 radical (unpaired) electrons. The molecule has 36 heavy (non-hydrogen) atoms. The van der Waals surface area contributed by atoms with E-state index in [9.17, 15) is 14.7 Å². The van der Waals surface area contributed by atoms with Crippen LogP contribution in [0.4, 0.5) is 22.0 Å². The highest BCUT2D eigenvalue weighted by molar-refractivity contribution is 5.93. The van der Waals surface area contributed by atoms with E-state index < -0.39 is 11.8 Å². The molecule has 0 bridgehead atoms. The highest BCUT2D eigenvalue weighted by Crippen LogP contribution is 2.42. The van der Waals surface area contributed by atoms with Gasteiger partial charge in [0.2, 0.25) is 5.91 Å². The summed E-state index contributed by atoms with van der Waals surface area (Å²) in [5.41, 5.74) is 1.69. The predicted molar refractivity (Wildman–Crippen MR) is 140 cm³/mol. The third-order valence-corrected chi connectivity index (χ3v) is 6.72.